The molecule has 0 radical (unpaired) electrons. The van der Waals surface area contributed by atoms with E-state index in [1.165, 1.54) is 16.8 Å². The van der Waals surface area contributed by atoms with E-state index in [-0.39, 0.29) is 18.8 Å². The van der Waals surface area contributed by atoms with Crippen LogP contribution in [0, 0.1) is 10.1 Å². The van der Waals surface area contributed by atoms with Crippen molar-refractivity contribution >= 4 is 17.3 Å². The van der Waals surface area contributed by atoms with Crippen molar-refractivity contribution in [3.05, 3.63) is 50.8 Å². The zero-order valence-electron chi connectivity index (χ0n) is 10.6. The second-order valence-corrected chi connectivity index (χ2v) is 4.64. The predicted molar refractivity (Wildman–Crippen MR) is 72.6 cm³/mol. The summed E-state index contributed by atoms with van der Waals surface area (Å²) in [6.07, 6.45) is 2.91. The third-order valence-electron chi connectivity index (χ3n) is 2.79. The molecule has 0 bridgehead atoms. The molecular weight excluding hydrogens is 284 g/mol. The second-order valence-electron chi connectivity index (χ2n) is 4.23. The highest BCUT2D eigenvalue weighted by atomic mass is 35.5. The van der Waals surface area contributed by atoms with E-state index < -0.39 is 4.92 Å². The fourth-order valence-corrected chi connectivity index (χ4v) is 2.06. The van der Waals surface area contributed by atoms with Gasteiger partial charge in [-0.1, -0.05) is 22.9 Å². The molecule has 0 unspecified atom stereocenters. The van der Waals surface area contributed by atoms with E-state index in [9.17, 15) is 10.1 Å². The number of nitrogens with zero attached hydrogens (tertiary/aromatic N) is 4. The topological polar surface area (TPSA) is 94.1 Å². The molecule has 0 aliphatic heterocycles. The lowest BCUT2D eigenvalue weighted by Crippen LogP contribution is -2.04. The van der Waals surface area contributed by atoms with Gasteiger partial charge in [0.25, 0.3) is 5.69 Å². The van der Waals surface area contributed by atoms with Crippen LogP contribution in [0.5, 0.6) is 0 Å². The number of aliphatic hydroxyl groups excluding tert-OH is 1. The number of hydrogen-bond donors (Lipinski definition) is 1. The van der Waals surface area contributed by atoms with Crippen molar-refractivity contribution in [1.29, 1.82) is 0 Å². The summed E-state index contributed by atoms with van der Waals surface area (Å²) in [7, 11) is 0. The fourth-order valence-electron chi connectivity index (χ4n) is 1.83. The molecule has 1 heterocycles. The highest BCUT2D eigenvalue weighted by Gasteiger charge is 2.17. The van der Waals surface area contributed by atoms with Crippen LogP contribution < -0.4 is 0 Å². The van der Waals surface area contributed by atoms with Crippen molar-refractivity contribution < 1.29 is 10.0 Å². The van der Waals surface area contributed by atoms with Gasteiger partial charge in [0.05, 0.1) is 27.7 Å². The van der Waals surface area contributed by atoms with E-state index in [1.807, 2.05) is 0 Å². The second kappa shape index (κ2) is 6.44. The Morgan fingerprint density at radius 1 is 1.45 bits per heavy atom. The molecule has 0 aliphatic carbocycles. The Balaban J connectivity index is 2.21. The molecule has 0 fully saturated rings. The number of nitro groups is 1. The van der Waals surface area contributed by atoms with Crippen molar-refractivity contribution in [3.63, 3.8) is 0 Å². The first-order chi connectivity index (χ1) is 9.61. The van der Waals surface area contributed by atoms with Crippen LogP contribution in [0.1, 0.15) is 17.7 Å². The van der Waals surface area contributed by atoms with Crippen LogP contribution in [-0.4, -0.2) is 31.6 Å². The van der Waals surface area contributed by atoms with Crippen molar-refractivity contribution in [3.8, 4) is 0 Å². The van der Waals surface area contributed by atoms with Crippen LogP contribution in [0.2, 0.25) is 5.02 Å². The lowest BCUT2D eigenvalue weighted by molar-refractivity contribution is -0.385. The molecule has 8 heteroatoms. The van der Waals surface area contributed by atoms with Gasteiger partial charge in [0.15, 0.2) is 0 Å². The fraction of sp³-hybridized carbons (Fsp3) is 0.333. The highest BCUT2D eigenvalue weighted by Crippen LogP contribution is 2.26. The molecule has 1 aromatic heterocycles. The van der Waals surface area contributed by atoms with Crippen LogP contribution in [0.15, 0.2) is 24.4 Å². The third kappa shape index (κ3) is 3.31. The molecule has 0 saturated heterocycles. The van der Waals surface area contributed by atoms with Crippen LogP contribution >= 0.6 is 11.6 Å². The van der Waals surface area contributed by atoms with Gasteiger partial charge in [-0.05, 0) is 18.9 Å². The lowest BCUT2D eigenvalue weighted by Gasteiger charge is -2.04. The molecular formula is C12H13ClN4O3. The summed E-state index contributed by atoms with van der Waals surface area (Å²) in [5.41, 5.74) is 1.09. The summed E-state index contributed by atoms with van der Waals surface area (Å²) in [5, 5.41) is 27.9. The van der Waals surface area contributed by atoms with Gasteiger partial charge >= 0.3 is 0 Å². The van der Waals surface area contributed by atoms with E-state index in [2.05, 4.69) is 10.3 Å². The zero-order valence-corrected chi connectivity index (χ0v) is 11.3. The number of aliphatic hydroxyl groups is 1. The summed E-state index contributed by atoms with van der Waals surface area (Å²) in [5.74, 6) is 0. The van der Waals surface area contributed by atoms with Crippen molar-refractivity contribution in [2.24, 2.45) is 0 Å². The maximum Gasteiger partial charge on any atom is 0.275 e. The number of hydrogen-bond acceptors (Lipinski definition) is 5. The van der Waals surface area contributed by atoms with Crippen LogP contribution in [0.3, 0.4) is 0 Å². The van der Waals surface area contributed by atoms with Crippen molar-refractivity contribution in [2.75, 3.05) is 6.61 Å². The quantitative estimate of drug-likeness (QED) is 0.648. The Hall–Kier alpha value is -1.99. The largest absolute Gasteiger partial charge is 0.396 e. The minimum absolute atomic E-state index is 0.0371. The van der Waals surface area contributed by atoms with Gasteiger partial charge in [-0.3, -0.25) is 10.1 Å². The number of aromatic nitrogens is 3. The lowest BCUT2D eigenvalue weighted by atomic mass is 10.2. The van der Waals surface area contributed by atoms with Gasteiger partial charge in [0, 0.05) is 18.9 Å². The SMILES string of the molecule is O=[N+]([O-])c1cccc(Cl)c1Cn1cc(CCCO)nn1. The van der Waals surface area contributed by atoms with Crippen molar-refractivity contribution in [2.45, 2.75) is 19.4 Å². The van der Waals surface area contributed by atoms with E-state index in [1.54, 1.807) is 12.3 Å². The first kappa shape index (κ1) is 14.4. The summed E-state index contributed by atoms with van der Waals surface area (Å²) in [6, 6.07) is 4.55. The summed E-state index contributed by atoms with van der Waals surface area (Å²) < 4.78 is 1.50. The number of halogens is 1. The first-order valence-corrected chi connectivity index (χ1v) is 6.41. The molecule has 0 saturated carbocycles. The Morgan fingerprint density at radius 3 is 2.95 bits per heavy atom. The van der Waals surface area contributed by atoms with E-state index in [4.69, 9.17) is 16.7 Å². The summed E-state index contributed by atoms with van der Waals surface area (Å²) in [4.78, 5) is 10.5. The smallest absolute Gasteiger partial charge is 0.275 e. The van der Waals surface area contributed by atoms with Gasteiger partial charge in [0.1, 0.15) is 0 Å². The highest BCUT2D eigenvalue weighted by molar-refractivity contribution is 6.31. The molecule has 106 valence electrons. The van der Waals surface area contributed by atoms with Gasteiger partial charge in [-0.2, -0.15) is 0 Å². The molecule has 0 aliphatic rings. The van der Waals surface area contributed by atoms with E-state index in [0.717, 1.165) is 5.69 Å². The Morgan fingerprint density at radius 2 is 2.25 bits per heavy atom. The third-order valence-corrected chi connectivity index (χ3v) is 3.14. The van der Waals surface area contributed by atoms with E-state index >= 15 is 0 Å². The molecule has 7 nitrogen and oxygen atoms in total. The van der Waals surface area contributed by atoms with Crippen molar-refractivity contribution in [1.82, 2.24) is 15.0 Å². The van der Waals surface area contributed by atoms with Gasteiger partial charge in [-0.25, -0.2) is 4.68 Å². The van der Waals surface area contributed by atoms with Gasteiger partial charge in [0.2, 0.25) is 0 Å². The molecule has 2 rings (SSSR count). The molecule has 1 aromatic carbocycles. The van der Waals surface area contributed by atoms with Crippen LogP contribution in [-0.2, 0) is 13.0 Å². The summed E-state index contributed by atoms with van der Waals surface area (Å²) in [6.45, 7) is 0.269. The van der Waals surface area contributed by atoms with Crippen LogP contribution in [0.25, 0.3) is 0 Å². The molecule has 0 amide bonds. The Kier molecular flexibility index (Phi) is 4.65. The Labute approximate surface area is 119 Å². The maximum absolute atomic E-state index is 11.0. The minimum Gasteiger partial charge on any atom is -0.396 e. The number of nitro benzene ring substituents is 1. The molecule has 0 spiro atoms. The van der Waals surface area contributed by atoms with Gasteiger partial charge < -0.3 is 5.11 Å². The average Bonchev–Trinajstić information content (AvgIpc) is 2.86. The number of benzene rings is 1. The van der Waals surface area contributed by atoms with Gasteiger partial charge in [-0.15, -0.1) is 5.10 Å². The summed E-state index contributed by atoms with van der Waals surface area (Å²) >= 11 is 6.01. The Bertz CT molecular complexity index is 614. The van der Waals surface area contributed by atoms with Crippen LogP contribution in [0.4, 0.5) is 5.69 Å². The zero-order chi connectivity index (χ0) is 14.5. The molecule has 0 atom stereocenters. The maximum atomic E-state index is 11.0. The molecule has 1 N–H and O–H groups in total. The first-order valence-electron chi connectivity index (χ1n) is 6.03. The number of aryl methyl sites for hydroxylation is 1. The minimum atomic E-state index is -0.467. The number of rotatable bonds is 6. The predicted octanol–water partition coefficient (Wildman–Crippen LogP) is 1.81. The molecule has 2 aromatic rings. The monoisotopic (exact) mass is 296 g/mol. The average molecular weight is 297 g/mol. The normalized spacial score (nSPS) is 10.7. The molecule has 20 heavy (non-hydrogen) atoms. The standard InChI is InChI=1S/C12H13ClN4O3/c13-11-4-1-5-12(17(19)20)10(11)8-16-7-9(14-15-16)3-2-6-18/h1,4-5,7,18H,2-3,6,8H2. The van der Waals surface area contributed by atoms with E-state index in [0.29, 0.717) is 23.4 Å².